The van der Waals surface area contributed by atoms with E-state index in [9.17, 15) is 5.11 Å². The summed E-state index contributed by atoms with van der Waals surface area (Å²) in [7, 11) is 0. The highest BCUT2D eigenvalue weighted by Crippen LogP contribution is 2.28. The second-order valence-corrected chi connectivity index (χ2v) is 5.11. The molecule has 4 heteroatoms. The summed E-state index contributed by atoms with van der Waals surface area (Å²) >= 11 is 0. The van der Waals surface area contributed by atoms with Crippen molar-refractivity contribution >= 4 is 0 Å². The molecule has 0 aliphatic carbocycles. The lowest BCUT2D eigenvalue weighted by Gasteiger charge is -2.43. The highest BCUT2D eigenvalue weighted by atomic mass is 16.5. The Bertz CT molecular complexity index is 207. The minimum absolute atomic E-state index is 0.00534. The topological polar surface area (TPSA) is 41.9 Å². The predicted molar refractivity (Wildman–Crippen MR) is 61.4 cm³/mol. The largest absolute Gasteiger partial charge is 0.396 e. The predicted octanol–water partition coefficient (Wildman–Crippen LogP) is 0.496. The van der Waals surface area contributed by atoms with Gasteiger partial charge in [-0.2, -0.15) is 0 Å². The molecular weight excluding hydrogens is 206 g/mol. The first-order valence-electron chi connectivity index (χ1n) is 6.30. The fraction of sp³-hybridized carbons (Fsp3) is 1.00. The van der Waals surface area contributed by atoms with Crippen molar-refractivity contribution in [2.75, 3.05) is 46.1 Å². The van der Waals surface area contributed by atoms with E-state index < -0.39 is 0 Å². The van der Waals surface area contributed by atoms with Crippen molar-refractivity contribution in [3.8, 4) is 0 Å². The molecule has 0 aromatic heterocycles. The zero-order valence-electron chi connectivity index (χ0n) is 10.2. The normalized spacial score (nSPS) is 28.3. The summed E-state index contributed by atoms with van der Waals surface area (Å²) in [6.07, 6.45) is 2.77. The minimum Gasteiger partial charge on any atom is -0.396 e. The summed E-state index contributed by atoms with van der Waals surface area (Å²) in [5.74, 6) is 0. The van der Waals surface area contributed by atoms with Crippen LogP contribution >= 0.6 is 0 Å². The van der Waals surface area contributed by atoms with Gasteiger partial charge in [-0.05, 0) is 19.4 Å². The van der Waals surface area contributed by atoms with Gasteiger partial charge in [-0.15, -0.1) is 0 Å². The third kappa shape index (κ3) is 2.74. The van der Waals surface area contributed by atoms with Crippen molar-refractivity contribution in [1.29, 1.82) is 0 Å². The monoisotopic (exact) mass is 229 g/mol. The Kier molecular flexibility index (Phi) is 4.19. The van der Waals surface area contributed by atoms with Crippen LogP contribution in [-0.2, 0) is 9.47 Å². The van der Waals surface area contributed by atoms with Crippen molar-refractivity contribution in [2.45, 2.75) is 25.9 Å². The van der Waals surface area contributed by atoms with Crippen molar-refractivity contribution in [1.82, 2.24) is 4.90 Å². The summed E-state index contributed by atoms with van der Waals surface area (Å²) in [5, 5.41) is 9.40. The quantitative estimate of drug-likeness (QED) is 0.720. The second kappa shape index (κ2) is 5.45. The smallest absolute Gasteiger partial charge is 0.0702 e. The van der Waals surface area contributed by atoms with E-state index in [4.69, 9.17) is 9.47 Å². The lowest BCUT2D eigenvalue weighted by Crippen LogP contribution is -2.54. The summed E-state index contributed by atoms with van der Waals surface area (Å²) in [6.45, 7) is 7.65. The number of likely N-dealkylation sites (N-methyl/N-ethyl adjacent to an activating group) is 1. The number of aliphatic hydroxyl groups is 1. The summed E-state index contributed by atoms with van der Waals surface area (Å²) in [4.78, 5) is 2.38. The number of aliphatic hydroxyl groups excluding tert-OH is 1. The minimum atomic E-state index is -0.00534. The number of ether oxygens (including phenoxy) is 2. The second-order valence-electron chi connectivity index (χ2n) is 5.11. The molecule has 1 unspecified atom stereocenters. The number of hydrogen-bond acceptors (Lipinski definition) is 4. The van der Waals surface area contributed by atoms with Crippen LogP contribution in [0.15, 0.2) is 0 Å². The van der Waals surface area contributed by atoms with Crippen LogP contribution in [-0.4, -0.2) is 62.2 Å². The summed E-state index contributed by atoms with van der Waals surface area (Å²) in [5.41, 5.74) is -0.00534. The van der Waals surface area contributed by atoms with Gasteiger partial charge >= 0.3 is 0 Å². The molecule has 1 N–H and O–H groups in total. The first-order valence-corrected chi connectivity index (χ1v) is 6.30. The Morgan fingerprint density at radius 2 is 2.25 bits per heavy atom. The Labute approximate surface area is 97.5 Å². The number of rotatable bonds is 6. The van der Waals surface area contributed by atoms with Crippen molar-refractivity contribution in [3.63, 3.8) is 0 Å². The van der Waals surface area contributed by atoms with Crippen molar-refractivity contribution < 1.29 is 14.6 Å². The molecule has 2 heterocycles. The van der Waals surface area contributed by atoms with E-state index in [-0.39, 0.29) is 12.0 Å². The highest BCUT2D eigenvalue weighted by molar-refractivity contribution is 4.88. The van der Waals surface area contributed by atoms with Gasteiger partial charge in [-0.1, -0.05) is 6.92 Å². The molecule has 16 heavy (non-hydrogen) atoms. The molecule has 0 aromatic carbocycles. The molecule has 0 saturated carbocycles. The third-order valence-electron chi connectivity index (χ3n) is 3.64. The molecule has 0 bridgehead atoms. The lowest BCUT2D eigenvalue weighted by atomic mass is 9.86. The zero-order valence-corrected chi connectivity index (χ0v) is 10.2. The van der Waals surface area contributed by atoms with Gasteiger partial charge in [0.1, 0.15) is 0 Å². The molecule has 2 fully saturated rings. The van der Waals surface area contributed by atoms with E-state index >= 15 is 0 Å². The molecule has 94 valence electrons. The average Bonchev–Trinajstić information content (AvgIpc) is 2.74. The Hall–Kier alpha value is -0.160. The van der Waals surface area contributed by atoms with Crippen molar-refractivity contribution in [3.05, 3.63) is 0 Å². The molecular formula is C12H23NO3. The fourth-order valence-corrected chi connectivity index (χ4v) is 2.48. The van der Waals surface area contributed by atoms with Crippen LogP contribution in [0.3, 0.4) is 0 Å². The van der Waals surface area contributed by atoms with Gasteiger partial charge in [0, 0.05) is 19.7 Å². The zero-order chi connectivity index (χ0) is 11.4. The maximum atomic E-state index is 9.40. The van der Waals surface area contributed by atoms with Gasteiger partial charge in [0.05, 0.1) is 31.3 Å². The van der Waals surface area contributed by atoms with Gasteiger partial charge in [0.15, 0.2) is 0 Å². The number of nitrogens with zero attached hydrogens (tertiary/aromatic N) is 1. The van der Waals surface area contributed by atoms with E-state index in [1.807, 2.05) is 0 Å². The third-order valence-corrected chi connectivity index (χ3v) is 3.64. The maximum absolute atomic E-state index is 9.40. The van der Waals surface area contributed by atoms with Crippen LogP contribution in [0.25, 0.3) is 0 Å². The average molecular weight is 229 g/mol. The summed E-state index contributed by atoms with van der Waals surface area (Å²) in [6, 6.07) is 0. The van der Waals surface area contributed by atoms with Crippen LogP contribution in [0.5, 0.6) is 0 Å². The Morgan fingerprint density at radius 3 is 2.69 bits per heavy atom. The SMILES string of the molecule is CCN(CC1CCCO1)CC1(CO)COC1. The van der Waals surface area contributed by atoms with Gasteiger partial charge in [0.25, 0.3) is 0 Å². The standard InChI is InChI=1S/C12H23NO3/c1-2-13(6-11-4-3-5-16-11)7-12(8-14)9-15-10-12/h11,14H,2-10H2,1H3. The van der Waals surface area contributed by atoms with Crippen LogP contribution < -0.4 is 0 Å². The van der Waals surface area contributed by atoms with Crippen LogP contribution in [0.1, 0.15) is 19.8 Å². The molecule has 1 atom stereocenters. The maximum Gasteiger partial charge on any atom is 0.0702 e. The van der Waals surface area contributed by atoms with E-state index in [2.05, 4.69) is 11.8 Å². The fourth-order valence-electron chi connectivity index (χ4n) is 2.48. The Balaban J connectivity index is 1.79. The van der Waals surface area contributed by atoms with Crippen LogP contribution in [0, 0.1) is 5.41 Å². The van der Waals surface area contributed by atoms with E-state index in [0.29, 0.717) is 19.3 Å². The first kappa shape index (κ1) is 12.3. The molecule has 0 radical (unpaired) electrons. The Morgan fingerprint density at radius 1 is 1.44 bits per heavy atom. The van der Waals surface area contributed by atoms with Gasteiger partial charge in [0.2, 0.25) is 0 Å². The van der Waals surface area contributed by atoms with Crippen LogP contribution in [0.2, 0.25) is 0 Å². The van der Waals surface area contributed by atoms with Gasteiger partial charge in [-0.3, -0.25) is 0 Å². The van der Waals surface area contributed by atoms with Gasteiger partial charge < -0.3 is 19.5 Å². The molecule has 2 aliphatic rings. The van der Waals surface area contributed by atoms with E-state index in [1.54, 1.807) is 0 Å². The number of hydrogen-bond donors (Lipinski definition) is 1. The molecule has 2 aliphatic heterocycles. The summed E-state index contributed by atoms with van der Waals surface area (Å²) < 4.78 is 10.9. The molecule has 0 spiro atoms. The lowest BCUT2D eigenvalue weighted by molar-refractivity contribution is -0.149. The first-order chi connectivity index (χ1) is 7.78. The molecule has 0 amide bonds. The molecule has 4 nitrogen and oxygen atoms in total. The highest BCUT2D eigenvalue weighted by Gasteiger charge is 2.39. The van der Waals surface area contributed by atoms with E-state index in [1.165, 1.54) is 12.8 Å². The molecule has 0 aromatic rings. The molecule has 2 rings (SSSR count). The van der Waals surface area contributed by atoms with Crippen LogP contribution in [0.4, 0.5) is 0 Å². The van der Waals surface area contributed by atoms with E-state index in [0.717, 1.165) is 26.2 Å². The molecule has 2 saturated heterocycles. The van der Waals surface area contributed by atoms with Crippen molar-refractivity contribution in [2.24, 2.45) is 5.41 Å². The van der Waals surface area contributed by atoms with Gasteiger partial charge in [-0.25, -0.2) is 0 Å².